The lowest BCUT2D eigenvalue weighted by molar-refractivity contribution is 0.0594. The highest BCUT2D eigenvalue weighted by atomic mass is 32.2. The lowest BCUT2D eigenvalue weighted by Crippen LogP contribution is -2.34. The summed E-state index contributed by atoms with van der Waals surface area (Å²) >= 11 is 0. The molecule has 0 amide bonds. The molecule has 25 heavy (non-hydrogen) atoms. The van der Waals surface area contributed by atoms with Crippen LogP contribution in [0.25, 0.3) is 0 Å². The number of benzene rings is 1. The number of carbonyl (C=O) groups excluding carboxylic acids is 1. The first-order chi connectivity index (χ1) is 11.8. The number of rotatable bonds is 7. The number of esters is 1. The highest BCUT2D eigenvalue weighted by molar-refractivity contribution is 7.89. The summed E-state index contributed by atoms with van der Waals surface area (Å²) in [7, 11) is -2.90. The third-order valence-electron chi connectivity index (χ3n) is 3.74. The van der Waals surface area contributed by atoms with E-state index in [-0.39, 0.29) is 41.7 Å². The molecule has 7 nitrogen and oxygen atoms in total. The number of aliphatic hydroxyl groups excluding tert-OH is 1. The number of hydrogen-bond acceptors (Lipinski definition) is 6. The van der Waals surface area contributed by atoms with E-state index in [1.165, 1.54) is 21.0 Å². The maximum absolute atomic E-state index is 13.1. The average molecular weight is 367 g/mol. The fourth-order valence-electron chi connectivity index (χ4n) is 2.62. The van der Waals surface area contributed by atoms with E-state index < -0.39 is 16.0 Å². The van der Waals surface area contributed by atoms with Gasteiger partial charge in [0.15, 0.2) is 0 Å². The third kappa shape index (κ3) is 3.92. The minimum Gasteiger partial charge on any atom is -0.465 e. The zero-order valence-corrected chi connectivity index (χ0v) is 15.2. The minimum atomic E-state index is -4.08. The van der Waals surface area contributed by atoms with Crippen LogP contribution >= 0.6 is 0 Å². The molecule has 0 bridgehead atoms. The summed E-state index contributed by atoms with van der Waals surface area (Å²) in [6.07, 6.45) is 0. The van der Waals surface area contributed by atoms with E-state index in [2.05, 4.69) is 0 Å². The van der Waals surface area contributed by atoms with Crippen molar-refractivity contribution in [2.75, 3.05) is 20.3 Å². The van der Waals surface area contributed by atoms with Gasteiger partial charge in [-0.3, -0.25) is 0 Å². The van der Waals surface area contributed by atoms with Crippen molar-refractivity contribution in [3.05, 3.63) is 53.0 Å². The van der Waals surface area contributed by atoms with Gasteiger partial charge in [-0.25, -0.2) is 13.2 Å². The fraction of sp³-hybridized carbons (Fsp3) is 0.353. The number of aryl methyl sites for hydroxylation is 2. The Morgan fingerprint density at radius 2 is 1.84 bits per heavy atom. The SMILES string of the molecule is COC(=O)c1c(C)oc(C)c1S(=O)(=O)N(CCO)Cc1ccccc1. The van der Waals surface area contributed by atoms with Gasteiger partial charge in [0.05, 0.1) is 13.7 Å². The zero-order valence-electron chi connectivity index (χ0n) is 14.4. The van der Waals surface area contributed by atoms with Gasteiger partial charge in [-0.2, -0.15) is 4.31 Å². The maximum atomic E-state index is 13.1. The van der Waals surface area contributed by atoms with Crippen LogP contribution in [0.5, 0.6) is 0 Å². The van der Waals surface area contributed by atoms with Crippen molar-refractivity contribution >= 4 is 16.0 Å². The highest BCUT2D eigenvalue weighted by Crippen LogP contribution is 2.30. The molecule has 8 heteroatoms. The monoisotopic (exact) mass is 367 g/mol. The first-order valence-electron chi connectivity index (χ1n) is 7.66. The van der Waals surface area contributed by atoms with Crippen molar-refractivity contribution in [3.8, 4) is 0 Å². The van der Waals surface area contributed by atoms with E-state index in [0.717, 1.165) is 9.87 Å². The number of nitrogens with zero attached hydrogens (tertiary/aromatic N) is 1. The Kier molecular flexibility index (Phi) is 5.99. The van der Waals surface area contributed by atoms with Gasteiger partial charge in [0.1, 0.15) is 22.0 Å². The molecule has 0 aliphatic rings. The van der Waals surface area contributed by atoms with Crippen LogP contribution in [0.2, 0.25) is 0 Å². The number of hydrogen-bond donors (Lipinski definition) is 1. The largest absolute Gasteiger partial charge is 0.465 e. The molecular weight excluding hydrogens is 346 g/mol. The normalized spacial score (nSPS) is 11.7. The van der Waals surface area contributed by atoms with Crippen LogP contribution in [0, 0.1) is 13.8 Å². The first kappa shape index (κ1) is 19.2. The van der Waals surface area contributed by atoms with Gasteiger partial charge in [-0.1, -0.05) is 30.3 Å². The molecule has 2 aromatic rings. The highest BCUT2D eigenvalue weighted by Gasteiger charge is 2.35. The molecule has 0 atom stereocenters. The Bertz CT molecular complexity index is 842. The van der Waals surface area contributed by atoms with Crippen molar-refractivity contribution in [1.82, 2.24) is 4.31 Å². The summed E-state index contributed by atoms with van der Waals surface area (Å²) < 4.78 is 37.5. The molecule has 1 aromatic heterocycles. The van der Waals surface area contributed by atoms with Crippen LogP contribution in [0.4, 0.5) is 0 Å². The number of sulfonamides is 1. The van der Waals surface area contributed by atoms with E-state index in [1.54, 1.807) is 24.3 Å². The molecule has 1 N–H and O–H groups in total. The number of methoxy groups -OCH3 is 1. The van der Waals surface area contributed by atoms with Crippen molar-refractivity contribution in [2.45, 2.75) is 25.3 Å². The minimum absolute atomic E-state index is 0.0635. The van der Waals surface area contributed by atoms with Crippen molar-refractivity contribution < 1.29 is 27.5 Å². The Labute approximate surface area is 146 Å². The van der Waals surface area contributed by atoms with Gasteiger partial charge < -0.3 is 14.3 Å². The molecule has 0 aliphatic heterocycles. The topological polar surface area (TPSA) is 97.0 Å². The van der Waals surface area contributed by atoms with Crippen molar-refractivity contribution in [2.24, 2.45) is 0 Å². The predicted octanol–water partition coefficient (Wildman–Crippen LogP) is 1.87. The van der Waals surface area contributed by atoms with Gasteiger partial charge in [-0.15, -0.1) is 0 Å². The molecule has 1 aromatic carbocycles. The van der Waals surface area contributed by atoms with Crippen LogP contribution in [0.3, 0.4) is 0 Å². The van der Waals surface area contributed by atoms with Gasteiger partial charge >= 0.3 is 5.97 Å². The lowest BCUT2D eigenvalue weighted by Gasteiger charge is -2.21. The Morgan fingerprint density at radius 3 is 2.40 bits per heavy atom. The summed E-state index contributed by atoms with van der Waals surface area (Å²) in [5, 5.41) is 9.30. The van der Waals surface area contributed by atoms with Gasteiger partial charge in [0, 0.05) is 13.1 Å². The van der Waals surface area contributed by atoms with Gasteiger partial charge in [-0.05, 0) is 19.4 Å². The second kappa shape index (κ2) is 7.81. The summed E-state index contributed by atoms with van der Waals surface area (Å²) in [4.78, 5) is 11.8. The summed E-state index contributed by atoms with van der Waals surface area (Å²) in [6.45, 7) is 2.59. The molecule has 0 unspecified atom stereocenters. The van der Waals surface area contributed by atoms with Crippen LogP contribution in [-0.2, 0) is 21.3 Å². The Hall–Kier alpha value is -2.16. The molecule has 0 spiro atoms. The van der Waals surface area contributed by atoms with Crippen molar-refractivity contribution in [3.63, 3.8) is 0 Å². The van der Waals surface area contributed by atoms with Gasteiger partial charge in [0.2, 0.25) is 10.0 Å². The standard InChI is InChI=1S/C17H21NO6S/c1-12-15(17(20)23-3)16(13(2)24-12)25(21,22)18(9-10-19)11-14-7-5-4-6-8-14/h4-8,19H,9-11H2,1-3H3. The van der Waals surface area contributed by atoms with E-state index in [0.29, 0.717) is 0 Å². The molecular formula is C17H21NO6S. The van der Waals surface area contributed by atoms with E-state index in [1.807, 2.05) is 6.07 Å². The molecule has 2 rings (SSSR count). The van der Waals surface area contributed by atoms with Crippen LogP contribution in [-0.4, -0.2) is 44.1 Å². The van der Waals surface area contributed by atoms with Crippen molar-refractivity contribution in [1.29, 1.82) is 0 Å². The maximum Gasteiger partial charge on any atom is 0.342 e. The van der Waals surface area contributed by atoms with E-state index in [4.69, 9.17) is 9.15 Å². The molecule has 0 saturated heterocycles. The smallest absolute Gasteiger partial charge is 0.342 e. The van der Waals surface area contributed by atoms with E-state index >= 15 is 0 Å². The van der Waals surface area contributed by atoms with Gasteiger partial charge in [0.25, 0.3) is 0 Å². The average Bonchev–Trinajstić information content (AvgIpc) is 2.89. The van der Waals surface area contributed by atoms with Crippen LogP contribution < -0.4 is 0 Å². The summed E-state index contributed by atoms with van der Waals surface area (Å²) in [6, 6.07) is 8.99. The number of carbonyl (C=O) groups is 1. The first-order valence-corrected chi connectivity index (χ1v) is 9.10. The Balaban J connectivity index is 2.53. The zero-order chi connectivity index (χ0) is 18.6. The molecule has 0 fully saturated rings. The molecule has 0 saturated carbocycles. The van der Waals surface area contributed by atoms with Crippen LogP contribution in [0.15, 0.2) is 39.6 Å². The third-order valence-corrected chi connectivity index (χ3v) is 5.74. The molecule has 0 aliphatic carbocycles. The number of ether oxygens (including phenoxy) is 1. The quantitative estimate of drug-likeness (QED) is 0.751. The Morgan fingerprint density at radius 1 is 1.20 bits per heavy atom. The molecule has 0 radical (unpaired) electrons. The predicted molar refractivity (Wildman–Crippen MR) is 90.6 cm³/mol. The summed E-state index contributed by atoms with van der Waals surface area (Å²) in [5.74, 6) is -0.503. The molecule has 136 valence electrons. The second-order valence-electron chi connectivity index (χ2n) is 5.46. The number of aliphatic hydroxyl groups is 1. The second-order valence-corrected chi connectivity index (χ2v) is 7.33. The number of furan rings is 1. The van der Waals surface area contributed by atoms with Crippen LogP contribution in [0.1, 0.15) is 27.4 Å². The molecule has 1 heterocycles. The fourth-order valence-corrected chi connectivity index (χ4v) is 4.41. The van der Waals surface area contributed by atoms with E-state index in [9.17, 15) is 18.3 Å². The lowest BCUT2D eigenvalue weighted by atomic mass is 10.2. The summed E-state index contributed by atoms with van der Waals surface area (Å²) in [5.41, 5.74) is 0.646.